The summed E-state index contributed by atoms with van der Waals surface area (Å²) in [5, 5.41) is -0.135. The summed E-state index contributed by atoms with van der Waals surface area (Å²) >= 11 is 0.675. The molecule has 1 aromatic heterocycles. The summed E-state index contributed by atoms with van der Waals surface area (Å²) in [6.07, 6.45) is -17.1. The number of hydrogen-bond acceptors (Lipinski definition) is 4. The van der Waals surface area contributed by atoms with Gasteiger partial charge < -0.3 is 4.74 Å². The van der Waals surface area contributed by atoms with Crippen molar-refractivity contribution in [1.82, 2.24) is 4.98 Å². The van der Waals surface area contributed by atoms with Gasteiger partial charge in [0.15, 0.2) is 5.69 Å². The lowest BCUT2D eigenvalue weighted by atomic mass is 9.88. The number of rotatable bonds is 13. The minimum Gasteiger partial charge on any atom is -0.461 e. The molecule has 0 aliphatic rings. The summed E-state index contributed by atoms with van der Waals surface area (Å²) in [7, 11) is 0. The van der Waals surface area contributed by atoms with E-state index in [0.717, 1.165) is 12.1 Å². The third-order valence-corrected chi connectivity index (χ3v) is 8.12. The number of ether oxygens (including phenoxy) is 1. The number of thiazole rings is 1. The number of hydrogen-bond donors (Lipinski definition) is 0. The van der Waals surface area contributed by atoms with Crippen LogP contribution >= 0.6 is 11.3 Å². The van der Waals surface area contributed by atoms with E-state index in [2.05, 4.69) is 9.72 Å². The standard InChI is InChI=1S/C28H15F20NO2S/c29-20(30,22(34,35)23(36,37)24(38,39)25(40,41)26(42,43)27(44,45)28(46,47)48)11-4-12-51-19(50)16-17(13-5-2-1-3-6-13)52-18(49-16)14-7-9-15(10-8-14)21(31,32)33/h1-3,5-10H,4,11-12H2. The molecule has 290 valence electrons. The van der Waals surface area contributed by atoms with Gasteiger partial charge in [-0.2, -0.15) is 87.8 Å². The monoisotopic (exact) mass is 809 g/mol. The van der Waals surface area contributed by atoms with Crippen molar-refractivity contribution in [1.29, 1.82) is 0 Å². The van der Waals surface area contributed by atoms with Gasteiger partial charge >= 0.3 is 59.8 Å². The lowest BCUT2D eigenvalue weighted by molar-refractivity contribution is -0.461. The number of carbonyl (C=O) groups excluding carboxylic acids is 1. The van der Waals surface area contributed by atoms with Crippen molar-refractivity contribution in [2.24, 2.45) is 0 Å². The topological polar surface area (TPSA) is 39.2 Å². The van der Waals surface area contributed by atoms with Crippen molar-refractivity contribution < 1.29 is 97.3 Å². The van der Waals surface area contributed by atoms with E-state index >= 15 is 0 Å². The van der Waals surface area contributed by atoms with Crippen LogP contribution in [0.15, 0.2) is 54.6 Å². The summed E-state index contributed by atoms with van der Waals surface area (Å²) in [5.74, 6) is -58.9. The molecule has 0 saturated carbocycles. The van der Waals surface area contributed by atoms with Crippen molar-refractivity contribution in [3.05, 3.63) is 65.9 Å². The van der Waals surface area contributed by atoms with Crippen LogP contribution in [0, 0.1) is 0 Å². The van der Waals surface area contributed by atoms with E-state index in [1.54, 1.807) is 0 Å². The number of alkyl halides is 20. The average molecular weight is 809 g/mol. The Hall–Kier alpha value is -3.86. The lowest BCUT2D eigenvalue weighted by Crippen LogP contribution is -2.74. The zero-order valence-electron chi connectivity index (χ0n) is 24.5. The van der Waals surface area contributed by atoms with E-state index in [1.807, 2.05) is 0 Å². The maximum Gasteiger partial charge on any atom is 0.460 e. The molecule has 0 spiro atoms. The van der Waals surface area contributed by atoms with Crippen LogP contribution in [0.2, 0.25) is 0 Å². The molecule has 3 aromatic rings. The van der Waals surface area contributed by atoms with E-state index in [0.29, 0.717) is 23.5 Å². The Labute approximate surface area is 280 Å². The van der Waals surface area contributed by atoms with Gasteiger partial charge in [0.05, 0.1) is 17.0 Å². The van der Waals surface area contributed by atoms with Crippen LogP contribution in [0.4, 0.5) is 87.8 Å². The third kappa shape index (κ3) is 7.09. The van der Waals surface area contributed by atoms with Gasteiger partial charge in [0.1, 0.15) is 5.01 Å². The predicted molar refractivity (Wildman–Crippen MR) is 138 cm³/mol. The Morgan fingerprint density at radius 2 is 1.04 bits per heavy atom. The molecule has 24 heteroatoms. The number of esters is 1. The fraction of sp³-hybridized carbons (Fsp3) is 0.429. The van der Waals surface area contributed by atoms with Crippen LogP contribution in [0.1, 0.15) is 28.9 Å². The lowest BCUT2D eigenvalue weighted by Gasteiger charge is -2.42. The fourth-order valence-electron chi connectivity index (χ4n) is 4.05. The second kappa shape index (κ2) is 13.5. The summed E-state index contributed by atoms with van der Waals surface area (Å²) in [6, 6.07) is 10.3. The Balaban J connectivity index is 1.83. The average Bonchev–Trinajstić information content (AvgIpc) is 3.48. The van der Waals surface area contributed by atoms with Crippen LogP contribution in [0.5, 0.6) is 0 Å². The predicted octanol–water partition coefficient (Wildman–Crippen LogP) is 11.4. The first-order chi connectivity index (χ1) is 23.3. The number of benzene rings is 2. The molecule has 52 heavy (non-hydrogen) atoms. The zero-order valence-corrected chi connectivity index (χ0v) is 25.4. The van der Waals surface area contributed by atoms with Gasteiger partial charge in [-0.25, -0.2) is 9.78 Å². The van der Waals surface area contributed by atoms with E-state index < -0.39 is 90.5 Å². The molecule has 0 unspecified atom stereocenters. The molecule has 1 heterocycles. The van der Waals surface area contributed by atoms with Gasteiger partial charge in [0, 0.05) is 12.0 Å². The van der Waals surface area contributed by atoms with Gasteiger partial charge in [-0.15, -0.1) is 11.3 Å². The first-order valence-corrected chi connectivity index (χ1v) is 14.2. The van der Waals surface area contributed by atoms with Gasteiger partial charge in [-0.3, -0.25) is 0 Å². The van der Waals surface area contributed by atoms with E-state index in [9.17, 15) is 92.6 Å². The van der Waals surface area contributed by atoms with Crippen molar-refractivity contribution in [2.75, 3.05) is 6.61 Å². The zero-order chi connectivity index (χ0) is 40.1. The van der Waals surface area contributed by atoms with Crippen LogP contribution in [-0.4, -0.2) is 65.2 Å². The second-order valence-corrected chi connectivity index (χ2v) is 11.5. The number of aromatic nitrogens is 1. The van der Waals surface area contributed by atoms with E-state index in [-0.39, 0.29) is 21.0 Å². The molecule has 0 amide bonds. The smallest absolute Gasteiger partial charge is 0.460 e. The van der Waals surface area contributed by atoms with Crippen LogP contribution in [0.25, 0.3) is 21.0 Å². The molecule has 2 aromatic carbocycles. The number of nitrogens with zero attached hydrogens (tertiary/aromatic N) is 1. The normalized spacial score (nSPS) is 14.5. The highest BCUT2D eigenvalue weighted by atomic mass is 32.1. The van der Waals surface area contributed by atoms with Gasteiger partial charge in [-0.05, 0) is 24.1 Å². The van der Waals surface area contributed by atoms with E-state index in [1.165, 1.54) is 30.3 Å². The second-order valence-electron chi connectivity index (χ2n) is 10.5. The van der Waals surface area contributed by atoms with Crippen molar-refractivity contribution in [3.63, 3.8) is 0 Å². The molecule has 0 radical (unpaired) electrons. The Morgan fingerprint density at radius 1 is 0.577 bits per heavy atom. The molecular formula is C28H15F20NO2S. The van der Waals surface area contributed by atoms with Crippen LogP contribution in [0.3, 0.4) is 0 Å². The molecular weight excluding hydrogens is 794 g/mol. The summed E-state index contributed by atoms with van der Waals surface area (Å²) in [6.45, 7) is -1.50. The minimum atomic E-state index is -8.75. The molecule has 3 nitrogen and oxygen atoms in total. The summed E-state index contributed by atoms with van der Waals surface area (Å²) in [5.41, 5.74) is -1.54. The van der Waals surface area contributed by atoms with Crippen LogP contribution < -0.4 is 0 Å². The number of halogens is 20. The van der Waals surface area contributed by atoms with Gasteiger partial charge in [0.25, 0.3) is 0 Å². The minimum absolute atomic E-state index is 0.000648. The largest absolute Gasteiger partial charge is 0.461 e. The molecule has 0 saturated heterocycles. The Kier molecular flexibility index (Phi) is 11.1. The van der Waals surface area contributed by atoms with Crippen molar-refractivity contribution >= 4 is 17.3 Å². The van der Waals surface area contributed by atoms with Crippen LogP contribution in [-0.2, 0) is 10.9 Å². The molecule has 0 fully saturated rings. The molecule has 3 rings (SSSR count). The van der Waals surface area contributed by atoms with Crippen molar-refractivity contribution in [3.8, 4) is 21.0 Å². The first kappa shape index (κ1) is 42.6. The maximum atomic E-state index is 14.2. The molecule has 0 bridgehead atoms. The molecule has 0 aliphatic carbocycles. The first-order valence-electron chi connectivity index (χ1n) is 13.4. The highest BCUT2D eigenvalue weighted by molar-refractivity contribution is 7.18. The fourth-order valence-corrected chi connectivity index (χ4v) is 5.11. The summed E-state index contributed by atoms with van der Waals surface area (Å²) in [4.78, 5) is 16.6. The SMILES string of the molecule is O=C(OCCCC(F)(F)C(F)(F)C(F)(F)C(F)(F)C(F)(F)C(F)(F)C(F)(F)C(F)(F)F)c1nc(-c2ccc(C(F)(F)F)cc2)sc1-c1ccccc1. The highest BCUT2D eigenvalue weighted by Gasteiger charge is 2.95. The Morgan fingerprint density at radius 3 is 1.50 bits per heavy atom. The molecule has 0 atom stereocenters. The van der Waals surface area contributed by atoms with E-state index in [4.69, 9.17) is 0 Å². The van der Waals surface area contributed by atoms with Gasteiger partial charge in [0.2, 0.25) is 0 Å². The highest BCUT2D eigenvalue weighted by Crippen LogP contribution is 2.64. The molecule has 0 N–H and O–H groups in total. The Bertz CT molecular complexity index is 1710. The van der Waals surface area contributed by atoms with Crippen molar-refractivity contribution in [2.45, 2.75) is 66.7 Å². The molecule has 0 aliphatic heterocycles. The maximum absolute atomic E-state index is 14.2. The quantitative estimate of drug-likeness (QED) is 0.0981. The third-order valence-electron chi connectivity index (χ3n) is 6.97. The summed E-state index contributed by atoms with van der Waals surface area (Å²) < 4.78 is 272. The number of carbonyl (C=O) groups is 1. The van der Waals surface area contributed by atoms with Gasteiger partial charge in [-0.1, -0.05) is 42.5 Å².